The summed E-state index contributed by atoms with van der Waals surface area (Å²) in [5.74, 6) is 2.76. The van der Waals surface area contributed by atoms with Gasteiger partial charge in [0.05, 0.1) is 14.1 Å². The predicted octanol–water partition coefficient (Wildman–Crippen LogP) is 3.44. The van der Waals surface area contributed by atoms with Crippen LogP contribution in [0.15, 0.2) is 30.3 Å². The van der Waals surface area contributed by atoms with Crippen LogP contribution in [0.5, 0.6) is 0 Å². The van der Waals surface area contributed by atoms with Crippen molar-refractivity contribution >= 4 is 34.2 Å². The SMILES string of the molecule is C#CC(I)[N+](C)(C)CC(Cl)c1ccccc1. The highest BCUT2D eigenvalue weighted by Crippen LogP contribution is 2.25. The first-order chi connectivity index (χ1) is 7.47. The Hall–Kier alpha value is -0.240. The first-order valence-electron chi connectivity index (χ1n) is 5.09. The Morgan fingerprint density at radius 3 is 2.44 bits per heavy atom. The molecule has 0 aliphatic carbocycles. The average Bonchev–Trinajstić information content (AvgIpc) is 2.28. The predicted molar refractivity (Wildman–Crippen MR) is 78.7 cm³/mol. The van der Waals surface area contributed by atoms with Gasteiger partial charge in [-0.15, -0.1) is 18.0 Å². The van der Waals surface area contributed by atoms with Crippen molar-refractivity contribution in [3.63, 3.8) is 0 Å². The molecule has 0 saturated heterocycles. The van der Waals surface area contributed by atoms with Crippen LogP contribution in [0, 0.1) is 12.3 Å². The number of likely N-dealkylation sites (N-methyl/N-ethyl adjacent to an activating group) is 1. The van der Waals surface area contributed by atoms with Crippen LogP contribution < -0.4 is 0 Å². The maximum absolute atomic E-state index is 6.40. The third kappa shape index (κ3) is 3.65. The Labute approximate surface area is 117 Å². The van der Waals surface area contributed by atoms with Gasteiger partial charge in [-0.2, -0.15) is 0 Å². The first-order valence-corrected chi connectivity index (χ1v) is 6.77. The summed E-state index contributed by atoms with van der Waals surface area (Å²) in [6.07, 6.45) is 5.46. The highest BCUT2D eigenvalue weighted by molar-refractivity contribution is 14.1. The van der Waals surface area contributed by atoms with Crippen LogP contribution in [0.25, 0.3) is 0 Å². The lowest BCUT2D eigenvalue weighted by Crippen LogP contribution is -2.46. The number of terminal acetylenes is 1. The van der Waals surface area contributed by atoms with E-state index < -0.39 is 0 Å². The molecule has 0 aliphatic rings. The molecule has 3 heteroatoms. The number of benzene rings is 1. The maximum Gasteiger partial charge on any atom is 0.200 e. The molecular weight excluding hydrogens is 333 g/mol. The molecule has 0 bridgehead atoms. The lowest BCUT2D eigenvalue weighted by atomic mass is 10.1. The quantitative estimate of drug-likeness (QED) is 0.257. The monoisotopic (exact) mass is 348 g/mol. The number of quaternary nitrogens is 1. The van der Waals surface area contributed by atoms with Crippen molar-refractivity contribution in [3.8, 4) is 12.3 Å². The van der Waals surface area contributed by atoms with Crippen molar-refractivity contribution in [3.05, 3.63) is 35.9 Å². The number of hydrogen-bond acceptors (Lipinski definition) is 0. The van der Waals surface area contributed by atoms with Gasteiger partial charge >= 0.3 is 0 Å². The molecule has 16 heavy (non-hydrogen) atoms. The fraction of sp³-hybridized carbons (Fsp3) is 0.385. The van der Waals surface area contributed by atoms with Gasteiger partial charge in [0, 0.05) is 22.6 Å². The van der Waals surface area contributed by atoms with Gasteiger partial charge in [0.15, 0.2) is 4.05 Å². The largest absolute Gasteiger partial charge is 0.306 e. The zero-order valence-electron chi connectivity index (χ0n) is 9.53. The Balaban J connectivity index is 2.72. The van der Waals surface area contributed by atoms with Crippen LogP contribution in [-0.2, 0) is 0 Å². The zero-order valence-corrected chi connectivity index (χ0v) is 12.4. The van der Waals surface area contributed by atoms with Crippen molar-refractivity contribution in [1.29, 1.82) is 0 Å². The zero-order chi connectivity index (χ0) is 12.2. The third-order valence-electron chi connectivity index (χ3n) is 2.54. The van der Waals surface area contributed by atoms with E-state index in [4.69, 9.17) is 18.0 Å². The molecule has 0 aliphatic heterocycles. The minimum absolute atomic E-state index is 0.00168. The molecule has 0 fully saturated rings. The van der Waals surface area contributed by atoms with Crippen LogP contribution in [0.1, 0.15) is 10.9 Å². The molecule has 1 aromatic carbocycles. The standard InChI is InChI=1S/C13H16ClIN/c1-4-13(15)16(2,3)10-12(14)11-8-6-5-7-9-11/h1,5-9,12-13H,10H2,2-3H3/q+1. The van der Waals surface area contributed by atoms with Gasteiger partial charge in [0.2, 0.25) is 0 Å². The van der Waals surface area contributed by atoms with Gasteiger partial charge in [0.25, 0.3) is 0 Å². The van der Waals surface area contributed by atoms with Crippen molar-refractivity contribution in [2.24, 2.45) is 0 Å². The average molecular weight is 349 g/mol. The molecule has 2 unspecified atom stereocenters. The highest BCUT2D eigenvalue weighted by atomic mass is 127. The van der Waals surface area contributed by atoms with Gasteiger partial charge in [-0.1, -0.05) is 30.3 Å². The van der Waals surface area contributed by atoms with Gasteiger partial charge in [0.1, 0.15) is 11.9 Å². The molecule has 86 valence electrons. The van der Waals surface area contributed by atoms with Crippen molar-refractivity contribution in [2.75, 3.05) is 20.6 Å². The van der Waals surface area contributed by atoms with Crippen LogP contribution in [0.3, 0.4) is 0 Å². The summed E-state index contributed by atoms with van der Waals surface area (Å²) in [4.78, 5) is 0. The van der Waals surface area contributed by atoms with Crippen LogP contribution in [-0.4, -0.2) is 29.2 Å². The number of rotatable bonds is 4. The summed E-state index contributed by atoms with van der Waals surface area (Å²) in [7, 11) is 4.21. The Kier molecular flexibility index (Phi) is 5.10. The van der Waals surface area contributed by atoms with Crippen LogP contribution >= 0.6 is 34.2 Å². The summed E-state index contributed by atoms with van der Waals surface area (Å²) in [6, 6.07) is 10.1. The van der Waals surface area contributed by atoms with E-state index >= 15 is 0 Å². The molecule has 0 spiro atoms. The topological polar surface area (TPSA) is 0 Å². The third-order valence-corrected chi connectivity index (χ3v) is 4.80. The number of hydrogen-bond donors (Lipinski definition) is 0. The summed E-state index contributed by atoms with van der Waals surface area (Å²) < 4.78 is 0.864. The van der Waals surface area contributed by atoms with E-state index in [2.05, 4.69) is 54.7 Å². The molecule has 2 atom stereocenters. The van der Waals surface area contributed by atoms with Gasteiger partial charge in [-0.25, -0.2) is 0 Å². The normalized spacial score (nSPS) is 15.2. The Bertz CT molecular complexity index is 369. The summed E-state index contributed by atoms with van der Waals surface area (Å²) in [5, 5.41) is 0.00168. The molecule has 0 radical (unpaired) electrons. The first kappa shape index (κ1) is 13.8. The van der Waals surface area contributed by atoms with E-state index in [1.807, 2.05) is 18.2 Å². The minimum atomic E-state index is 0.00168. The molecule has 1 rings (SSSR count). The number of alkyl halides is 2. The smallest absolute Gasteiger partial charge is 0.200 e. The highest BCUT2D eigenvalue weighted by Gasteiger charge is 2.27. The van der Waals surface area contributed by atoms with Crippen LogP contribution in [0.4, 0.5) is 0 Å². The van der Waals surface area contributed by atoms with E-state index in [0.29, 0.717) is 0 Å². The van der Waals surface area contributed by atoms with E-state index in [9.17, 15) is 0 Å². The van der Waals surface area contributed by atoms with E-state index in [1.54, 1.807) is 0 Å². The summed E-state index contributed by atoms with van der Waals surface area (Å²) in [6.45, 7) is 0.823. The molecule has 0 amide bonds. The second-order valence-electron chi connectivity index (χ2n) is 4.34. The molecule has 1 nitrogen and oxygen atoms in total. The van der Waals surface area contributed by atoms with Gasteiger partial charge in [-0.05, 0) is 11.5 Å². The number of halogens is 2. The maximum atomic E-state index is 6.40. The molecule has 0 N–H and O–H groups in total. The van der Waals surface area contributed by atoms with Gasteiger partial charge in [-0.3, -0.25) is 0 Å². The summed E-state index contributed by atoms with van der Waals surface area (Å²) >= 11 is 8.68. The van der Waals surface area contributed by atoms with Crippen molar-refractivity contribution in [1.82, 2.24) is 0 Å². The van der Waals surface area contributed by atoms with Crippen LogP contribution in [0.2, 0.25) is 0 Å². The van der Waals surface area contributed by atoms with Gasteiger partial charge < -0.3 is 4.48 Å². The van der Waals surface area contributed by atoms with E-state index in [1.165, 1.54) is 0 Å². The van der Waals surface area contributed by atoms with Crippen molar-refractivity contribution in [2.45, 2.75) is 9.43 Å². The minimum Gasteiger partial charge on any atom is -0.306 e. The molecule has 0 saturated carbocycles. The van der Waals surface area contributed by atoms with E-state index in [0.717, 1.165) is 16.6 Å². The van der Waals surface area contributed by atoms with Crippen molar-refractivity contribution < 1.29 is 4.48 Å². The second-order valence-corrected chi connectivity index (χ2v) is 6.05. The fourth-order valence-corrected chi connectivity index (χ4v) is 2.20. The number of nitrogens with zero attached hydrogens (tertiary/aromatic N) is 1. The summed E-state index contributed by atoms with van der Waals surface area (Å²) in [5.41, 5.74) is 1.15. The molecule has 1 aromatic rings. The lowest BCUT2D eigenvalue weighted by Gasteiger charge is -2.33. The lowest BCUT2D eigenvalue weighted by molar-refractivity contribution is -0.889. The fourth-order valence-electron chi connectivity index (χ4n) is 1.47. The second kappa shape index (κ2) is 5.90. The molecule has 0 heterocycles. The Morgan fingerprint density at radius 1 is 1.38 bits per heavy atom. The van der Waals surface area contributed by atoms with E-state index in [-0.39, 0.29) is 9.43 Å². The Morgan fingerprint density at radius 2 is 1.94 bits per heavy atom. The molecular formula is C13H16ClIN+. The molecule has 0 aromatic heterocycles.